The molecule has 2 fully saturated rings. The summed E-state index contributed by atoms with van der Waals surface area (Å²) in [5, 5.41) is 4.35. The largest absolute Gasteiger partial charge is 0.378 e. The maximum Gasteiger partial charge on any atom is 0.317 e. The van der Waals surface area contributed by atoms with E-state index in [1.165, 1.54) is 22.0 Å². The number of nitrogens with zero attached hydrogens (tertiary/aromatic N) is 1. The lowest BCUT2D eigenvalue weighted by molar-refractivity contribution is -0.0704. The molecule has 5 nitrogen and oxygen atoms in total. The number of carbonyl (C=O) groups excluding carboxylic acids is 1. The summed E-state index contributed by atoms with van der Waals surface area (Å²) >= 11 is 0. The molecule has 5 heteroatoms. The number of H-pyrrole nitrogens is 1. The van der Waals surface area contributed by atoms with E-state index >= 15 is 0 Å². The van der Waals surface area contributed by atoms with Gasteiger partial charge in [-0.25, -0.2) is 4.79 Å². The number of aryl methyl sites for hydroxylation is 1. The number of hydrogen-bond acceptors (Lipinski definition) is 2. The number of amides is 2. The molecule has 2 aliphatic rings. The van der Waals surface area contributed by atoms with Crippen LogP contribution in [-0.4, -0.2) is 48.3 Å². The number of ether oxygens (including phenoxy) is 1. The molecule has 0 bridgehead atoms. The van der Waals surface area contributed by atoms with Gasteiger partial charge in [0, 0.05) is 43.3 Å². The van der Waals surface area contributed by atoms with Gasteiger partial charge in [0.1, 0.15) is 0 Å². The number of fused-ring (bicyclic) bond motifs is 1. The average Bonchev–Trinajstić information content (AvgIpc) is 3.19. The first-order valence-electron chi connectivity index (χ1n) is 9.79. The monoisotopic (exact) mass is 355 g/mol. The van der Waals surface area contributed by atoms with Gasteiger partial charge in [-0.2, -0.15) is 0 Å². The quantitative estimate of drug-likeness (QED) is 0.861. The second kappa shape index (κ2) is 6.95. The highest BCUT2D eigenvalue weighted by atomic mass is 16.5. The third-order valence-electron chi connectivity index (χ3n) is 6.04. The second-order valence-electron chi connectivity index (χ2n) is 8.00. The Labute approximate surface area is 155 Å². The molecule has 1 saturated carbocycles. The fraction of sp³-hybridized carbons (Fsp3) is 0.571. The molecule has 1 saturated heterocycles. The van der Waals surface area contributed by atoms with Gasteiger partial charge >= 0.3 is 6.03 Å². The van der Waals surface area contributed by atoms with Crippen LogP contribution in [0.2, 0.25) is 0 Å². The lowest BCUT2D eigenvalue weighted by Gasteiger charge is -2.44. The fourth-order valence-electron chi connectivity index (χ4n) is 4.62. The Kier molecular flexibility index (Phi) is 4.65. The topological polar surface area (TPSA) is 57.4 Å². The van der Waals surface area contributed by atoms with E-state index in [9.17, 15) is 4.79 Å². The number of nitrogens with one attached hydrogen (secondary N) is 2. The second-order valence-corrected chi connectivity index (χ2v) is 8.00. The highest BCUT2D eigenvalue weighted by molar-refractivity contribution is 5.84. The summed E-state index contributed by atoms with van der Waals surface area (Å²) in [6.07, 6.45) is 6.65. The fourth-order valence-corrected chi connectivity index (χ4v) is 4.62. The van der Waals surface area contributed by atoms with Gasteiger partial charge in [0.15, 0.2) is 0 Å². The Morgan fingerprint density at radius 2 is 2.27 bits per heavy atom. The minimum atomic E-state index is 0.0809. The van der Waals surface area contributed by atoms with Crippen molar-refractivity contribution < 1.29 is 9.53 Å². The number of aromatic nitrogens is 1. The molecule has 140 valence electrons. The van der Waals surface area contributed by atoms with Crippen molar-refractivity contribution in [2.75, 3.05) is 26.2 Å². The molecule has 1 aromatic heterocycles. The summed E-state index contributed by atoms with van der Waals surface area (Å²) in [6, 6.07) is 6.54. The number of rotatable bonds is 5. The molecule has 2 aromatic rings. The molecule has 0 atom stereocenters. The summed E-state index contributed by atoms with van der Waals surface area (Å²) in [4.78, 5) is 17.8. The standard InChI is InChI=1S/C21H29N3O2/c1-3-26-17-11-21(12-17)7-9-24(14-21)20(25)22-8-6-16-13-23-19-10-15(2)4-5-18(16)19/h4-5,10,13,17,23H,3,6-9,11-12,14H2,1-2H3,(H,22,25). The molecule has 4 rings (SSSR count). The number of urea groups is 1. The zero-order chi connectivity index (χ0) is 18.1. The van der Waals surface area contributed by atoms with Crippen molar-refractivity contribution >= 4 is 16.9 Å². The number of aromatic amines is 1. The molecule has 1 aliphatic heterocycles. The van der Waals surface area contributed by atoms with Crippen LogP contribution in [0.1, 0.15) is 37.3 Å². The van der Waals surface area contributed by atoms with E-state index in [2.05, 4.69) is 41.6 Å². The number of likely N-dealkylation sites (tertiary alicyclic amines) is 1. The summed E-state index contributed by atoms with van der Waals surface area (Å²) in [5.74, 6) is 0. The molecule has 2 N–H and O–H groups in total. The lowest BCUT2D eigenvalue weighted by Crippen LogP contribution is -2.46. The van der Waals surface area contributed by atoms with Gasteiger partial charge in [0.25, 0.3) is 0 Å². The van der Waals surface area contributed by atoms with Gasteiger partial charge in [-0.05, 0) is 62.1 Å². The van der Waals surface area contributed by atoms with Crippen LogP contribution in [0.15, 0.2) is 24.4 Å². The van der Waals surface area contributed by atoms with Gasteiger partial charge in [0.05, 0.1) is 6.10 Å². The molecule has 0 unspecified atom stereocenters. The van der Waals surface area contributed by atoms with Crippen LogP contribution in [0.3, 0.4) is 0 Å². The zero-order valence-electron chi connectivity index (χ0n) is 15.8. The molecule has 26 heavy (non-hydrogen) atoms. The van der Waals surface area contributed by atoms with E-state index < -0.39 is 0 Å². The van der Waals surface area contributed by atoms with Crippen molar-refractivity contribution in [1.29, 1.82) is 0 Å². The first-order chi connectivity index (χ1) is 12.6. The zero-order valence-corrected chi connectivity index (χ0v) is 15.8. The lowest BCUT2D eigenvalue weighted by atomic mass is 9.66. The van der Waals surface area contributed by atoms with E-state index in [0.717, 1.165) is 45.4 Å². The van der Waals surface area contributed by atoms with Gasteiger partial charge < -0.3 is 19.9 Å². The third kappa shape index (κ3) is 3.32. The number of hydrogen-bond donors (Lipinski definition) is 2. The van der Waals surface area contributed by atoms with Gasteiger partial charge in [-0.15, -0.1) is 0 Å². The third-order valence-corrected chi connectivity index (χ3v) is 6.04. The Bertz CT molecular complexity index is 792. The van der Waals surface area contributed by atoms with E-state index in [0.29, 0.717) is 18.1 Å². The maximum atomic E-state index is 12.5. The van der Waals surface area contributed by atoms with Crippen molar-refractivity contribution in [2.24, 2.45) is 5.41 Å². The van der Waals surface area contributed by atoms with E-state index in [4.69, 9.17) is 4.74 Å². The van der Waals surface area contributed by atoms with Crippen LogP contribution < -0.4 is 5.32 Å². The Hall–Kier alpha value is -2.01. The number of benzene rings is 1. The van der Waals surface area contributed by atoms with Crippen LogP contribution in [0.5, 0.6) is 0 Å². The molecule has 1 aliphatic carbocycles. The van der Waals surface area contributed by atoms with Crippen LogP contribution in [-0.2, 0) is 11.2 Å². The number of carbonyl (C=O) groups is 1. The van der Waals surface area contributed by atoms with Gasteiger partial charge in [-0.3, -0.25) is 0 Å². The van der Waals surface area contributed by atoms with Gasteiger partial charge in [-0.1, -0.05) is 12.1 Å². The van der Waals surface area contributed by atoms with E-state index in [-0.39, 0.29) is 6.03 Å². The van der Waals surface area contributed by atoms with Crippen LogP contribution in [0.4, 0.5) is 4.79 Å². The molecular weight excluding hydrogens is 326 g/mol. The summed E-state index contributed by atoms with van der Waals surface area (Å²) in [6.45, 7) is 7.37. The van der Waals surface area contributed by atoms with E-state index in [1.807, 2.05) is 11.8 Å². The predicted octanol–water partition coefficient (Wildman–Crippen LogP) is 3.62. The highest BCUT2D eigenvalue weighted by Crippen LogP contribution is 2.49. The smallest absolute Gasteiger partial charge is 0.317 e. The molecular formula is C21H29N3O2. The summed E-state index contributed by atoms with van der Waals surface area (Å²) in [7, 11) is 0. The van der Waals surface area contributed by atoms with Crippen LogP contribution in [0, 0.1) is 12.3 Å². The molecule has 1 spiro atoms. The average molecular weight is 355 g/mol. The van der Waals surface area contributed by atoms with Crippen molar-refractivity contribution in [1.82, 2.24) is 15.2 Å². The minimum Gasteiger partial charge on any atom is -0.378 e. The van der Waals surface area contributed by atoms with Gasteiger partial charge in [0.2, 0.25) is 0 Å². The molecule has 0 radical (unpaired) electrons. The first kappa shape index (κ1) is 17.4. The maximum absolute atomic E-state index is 12.5. The summed E-state index contributed by atoms with van der Waals surface area (Å²) < 4.78 is 5.69. The normalized spacial score (nSPS) is 25.0. The highest BCUT2D eigenvalue weighted by Gasteiger charge is 2.49. The van der Waals surface area contributed by atoms with Crippen LogP contribution >= 0.6 is 0 Å². The Morgan fingerprint density at radius 1 is 1.42 bits per heavy atom. The minimum absolute atomic E-state index is 0.0809. The summed E-state index contributed by atoms with van der Waals surface area (Å²) in [5.41, 5.74) is 4.01. The SMILES string of the molecule is CCOC1CC2(CCN(C(=O)NCCc3c[nH]c4cc(C)ccc34)C2)C1. The first-order valence-corrected chi connectivity index (χ1v) is 9.79. The van der Waals surface area contributed by atoms with E-state index in [1.54, 1.807) is 0 Å². The van der Waals surface area contributed by atoms with Crippen molar-refractivity contribution in [3.63, 3.8) is 0 Å². The molecule has 2 amide bonds. The van der Waals surface area contributed by atoms with Crippen molar-refractivity contribution in [2.45, 2.75) is 45.6 Å². The Balaban J connectivity index is 1.26. The van der Waals surface area contributed by atoms with Crippen molar-refractivity contribution in [3.05, 3.63) is 35.5 Å². The Morgan fingerprint density at radius 3 is 3.08 bits per heavy atom. The van der Waals surface area contributed by atoms with Crippen molar-refractivity contribution in [3.8, 4) is 0 Å². The molecule has 1 aromatic carbocycles. The molecule has 2 heterocycles. The van der Waals surface area contributed by atoms with Crippen LogP contribution in [0.25, 0.3) is 10.9 Å². The predicted molar refractivity (Wildman–Crippen MR) is 103 cm³/mol.